The molecule has 1 aromatic carbocycles. The molecule has 1 aliphatic carbocycles. The normalized spacial score (nSPS) is 27.4. The molecule has 0 saturated heterocycles. The number of rotatable bonds is 2. The monoisotopic (exact) mass is 232 g/mol. The summed E-state index contributed by atoms with van der Waals surface area (Å²) >= 11 is 5.64. The van der Waals surface area contributed by atoms with Crippen molar-refractivity contribution in [1.82, 2.24) is 0 Å². The standard InChI is InChI=1S/C10H7ClF2O2/c11-7-3-1-2-6(4-7)9(8(14)15)5-10(9,12)13/h1-4H,5H2,(H,14,15). The topological polar surface area (TPSA) is 37.3 Å². The van der Waals surface area contributed by atoms with Crippen molar-refractivity contribution in [2.75, 3.05) is 0 Å². The van der Waals surface area contributed by atoms with E-state index in [4.69, 9.17) is 16.7 Å². The van der Waals surface area contributed by atoms with Gasteiger partial charge in [0.25, 0.3) is 5.92 Å². The average molecular weight is 233 g/mol. The van der Waals surface area contributed by atoms with Crippen molar-refractivity contribution < 1.29 is 18.7 Å². The summed E-state index contributed by atoms with van der Waals surface area (Å²) in [5.74, 6) is -4.68. The van der Waals surface area contributed by atoms with Crippen LogP contribution in [0.3, 0.4) is 0 Å². The van der Waals surface area contributed by atoms with Crippen LogP contribution < -0.4 is 0 Å². The molecule has 1 aliphatic rings. The van der Waals surface area contributed by atoms with E-state index in [0.717, 1.165) is 0 Å². The molecule has 80 valence electrons. The number of carboxylic acids is 1. The zero-order chi connectivity index (χ0) is 11.3. The van der Waals surface area contributed by atoms with Crippen LogP contribution in [0.1, 0.15) is 12.0 Å². The minimum atomic E-state index is -3.18. The van der Waals surface area contributed by atoms with Crippen molar-refractivity contribution in [3.8, 4) is 0 Å². The van der Waals surface area contributed by atoms with E-state index in [1.807, 2.05) is 0 Å². The number of carboxylic acid groups (broad SMARTS) is 1. The first-order valence-corrected chi connectivity index (χ1v) is 4.65. The second-order valence-corrected chi connectivity index (χ2v) is 4.04. The molecule has 0 amide bonds. The second kappa shape index (κ2) is 2.92. The van der Waals surface area contributed by atoms with Gasteiger partial charge in [0, 0.05) is 11.4 Å². The predicted molar refractivity (Wildman–Crippen MR) is 50.3 cm³/mol. The molecular weight excluding hydrogens is 226 g/mol. The van der Waals surface area contributed by atoms with E-state index < -0.39 is 23.7 Å². The molecule has 0 aromatic heterocycles. The van der Waals surface area contributed by atoms with E-state index >= 15 is 0 Å². The van der Waals surface area contributed by atoms with Crippen molar-refractivity contribution in [3.63, 3.8) is 0 Å². The Morgan fingerprint density at radius 1 is 1.47 bits per heavy atom. The van der Waals surface area contributed by atoms with Gasteiger partial charge >= 0.3 is 5.97 Å². The highest BCUT2D eigenvalue weighted by molar-refractivity contribution is 6.30. The third kappa shape index (κ3) is 1.32. The lowest BCUT2D eigenvalue weighted by molar-refractivity contribution is -0.142. The van der Waals surface area contributed by atoms with Crippen LogP contribution in [-0.2, 0) is 10.2 Å². The van der Waals surface area contributed by atoms with Gasteiger partial charge < -0.3 is 5.11 Å². The van der Waals surface area contributed by atoms with E-state index in [1.54, 1.807) is 0 Å². The minimum Gasteiger partial charge on any atom is -0.480 e. The van der Waals surface area contributed by atoms with Crippen LogP contribution in [0.2, 0.25) is 5.02 Å². The lowest BCUT2D eigenvalue weighted by atomic mass is 9.95. The van der Waals surface area contributed by atoms with Gasteiger partial charge in [-0.1, -0.05) is 23.7 Å². The van der Waals surface area contributed by atoms with E-state index in [-0.39, 0.29) is 10.6 Å². The van der Waals surface area contributed by atoms with Gasteiger partial charge in [-0.3, -0.25) is 4.79 Å². The van der Waals surface area contributed by atoms with Gasteiger partial charge in [-0.25, -0.2) is 8.78 Å². The molecule has 0 aliphatic heterocycles. The SMILES string of the molecule is O=C(O)C1(c2cccc(Cl)c2)CC1(F)F. The molecule has 0 spiro atoms. The Hall–Kier alpha value is -1.16. The van der Waals surface area contributed by atoms with Crippen LogP contribution in [0.25, 0.3) is 0 Å². The fourth-order valence-corrected chi connectivity index (χ4v) is 1.90. The quantitative estimate of drug-likeness (QED) is 0.851. The Morgan fingerprint density at radius 2 is 2.07 bits per heavy atom. The molecule has 1 aromatic rings. The van der Waals surface area contributed by atoms with Gasteiger partial charge in [0.1, 0.15) is 0 Å². The summed E-state index contributed by atoms with van der Waals surface area (Å²) in [5.41, 5.74) is -2.01. The zero-order valence-corrected chi connectivity index (χ0v) is 8.26. The maximum atomic E-state index is 13.1. The van der Waals surface area contributed by atoms with Crippen molar-refractivity contribution in [3.05, 3.63) is 34.9 Å². The van der Waals surface area contributed by atoms with Gasteiger partial charge in [-0.05, 0) is 17.7 Å². The van der Waals surface area contributed by atoms with Crippen molar-refractivity contribution in [1.29, 1.82) is 0 Å². The van der Waals surface area contributed by atoms with Gasteiger partial charge in [0.2, 0.25) is 0 Å². The summed E-state index contributed by atoms with van der Waals surface area (Å²) in [5, 5.41) is 9.12. The van der Waals surface area contributed by atoms with Crippen LogP contribution in [0.15, 0.2) is 24.3 Å². The summed E-state index contributed by atoms with van der Waals surface area (Å²) in [6.45, 7) is 0. The molecule has 2 nitrogen and oxygen atoms in total. The minimum absolute atomic E-state index is 0.0625. The summed E-state index contributed by atoms with van der Waals surface area (Å²) in [4.78, 5) is 10.9. The van der Waals surface area contributed by atoms with E-state index in [0.29, 0.717) is 0 Å². The Bertz CT molecular complexity index is 433. The lowest BCUT2D eigenvalue weighted by Crippen LogP contribution is -2.26. The van der Waals surface area contributed by atoms with Crippen LogP contribution in [0.4, 0.5) is 8.78 Å². The third-order valence-corrected chi connectivity index (χ3v) is 2.90. The van der Waals surface area contributed by atoms with Crippen molar-refractivity contribution in [2.45, 2.75) is 17.8 Å². The summed E-state index contributed by atoms with van der Waals surface area (Å²) in [6, 6.07) is 5.62. The molecule has 0 bridgehead atoms. The molecular formula is C10H7ClF2O2. The number of aliphatic carboxylic acids is 1. The van der Waals surface area contributed by atoms with Gasteiger partial charge in [-0.15, -0.1) is 0 Å². The third-order valence-electron chi connectivity index (χ3n) is 2.67. The number of hydrogen-bond donors (Lipinski definition) is 1. The Kier molecular flexibility index (Phi) is 2.01. The first-order valence-electron chi connectivity index (χ1n) is 4.27. The maximum Gasteiger partial charge on any atom is 0.320 e. The molecule has 1 atom stereocenters. The van der Waals surface area contributed by atoms with Crippen LogP contribution in [0.5, 0.6) is 0 Å². The van der Waals surface area contributed by atoms with E-state index in [1.165, 1.54) is 24.3 Å². The molecule has 1 unspecified atom stereocenters. The van der Waals surface area contributed by atoms with Gasteiger partial charge in [0.15, 0.2) is 5.41 Å². The predicted octanol–water partition coefficient (Wildman–Crippen LogP) is 2.70. The fraction of sp³-hybridized carbons (Fsp3) is 0.300. The summed E-state index contributed by atoms with van der Waals surface area (Å²) in [6.07, 6.45) is -0.657. The highest BCUT2D eigenvalue weighted by atomic mass is 35.5. The molecule has 15 heavy (non-hydrogen) atoms. The highest BCUT2D eigenvalue weighted by Gasteiger charge is 2.77. The Balaban J connectivity index is 2.50. The first kappa shape index (κ1) is 10.4. The molecule has 1 fully saturated rings. The lowest BCUT2D eigenvalue weighted by Gasteiger charge is -2.11. The molecule has 2 rings (SSSR count). The number of halogens is 3. The second-order valence-electron chi connectivity index (χ2n) is 3.60. The Morgan fingerprint density at radius 3 is 2.47 bits per heavy atom. The molecule has 1 saturated carbocycles. The van der Waals surface area contributed by atoms with Crippen molar-refractivity contribution in [2.24, 2.45) is 0 Å². The zero-order valence-electron chi connectivity index (χ0n) is 7.51. The van der Waals surface area contributed by atoms with Crippen LogP contribution in [0, 0.1) is 0 Å². The molecule has 0 heterocycles. The number of hydrogen-bond acceptors (Lipinski definition) is 1. The number of carbonyl (C=O) groups is 1. The summed E-state index contributed by atoms with van der Waals surface area (Å²) < 4.78 is 26.2. The molecule has 5 heteroatoms. The smallest absolute Gasteiger partial charge is 0.320 e. The fourth-order valence-electron chi connectivity index (χ4n) is 1.71. The number of benzene rings is 1. The molecule has 1 N–H and O–H groups in total. The van der Waals surface area contributed by atoms with Gasteiger partial charge in [0.05, 0.1) is 0 Å². The van der Waals surface area contributed by atoms with Crippen LogP contribution in [-0.4, -0.2) is 17.0 Å². The molecule has 0 radical (unpaired) electrons. The van der Waals surface area contributed by atoms with Gasteiger partial charge in [-0.2, -0.15) is 0 Å². The number of alkyl halides is 2. The van der Waals surface area contributed by atoms with E-state index in [9.17, 15) is 13.6 Å². The largest absolute Gasteiger partial charge is 0.480 e. The highest BCUT2D eigenvalue weighted by Crippen LogP contribution is 2.61. The van der Waals surface area contributed by atoms with Crippen molar-refractivity contribution >= 4 is 17.6 Å². The first-order chi connectivity index (χ1) is 6.90. The van der Waals surface area contributed by atoms with Crippen LogP contribution >= 0.6 is 11.6 Å². The average Bonchev–Trinajstić information content (AvgIpc) is 2.71. The Labute approximate surface area is 89.5 Å². The van der Waals surface area contributed by atoms with E-state index in [2.05, 4.69) is 0 Å². The maximum absolute atomic E-state index is 13.1. The summed E-state index contributed by atoms with van der Waals surface area (Å²) in [7, 11) is 0.